The predicted molar refractivity (Wildman–Crippen MR) is 122 cm³/mol. The van der Waals surface area contributed by atoms with Gasteiger partial charge >= 0.3 is 0 Å². The van der Waals surface area contributed by atoms with Crippen molar-refractivity contribution in [3.63, 3.8) is 0 Å². The van der Waals surface area contributed by atoms with Crippen LogP contribution in [0.15, 0.2) is 59.7 Å². The predicted octanol–water partition coefficient (Wildman–Crippen LogP) is 4.64. The van der Waals surface area contributed by atoms with Crippen molar-refractivity contribution in [3.05, 3.63) is 75.2 Å². The van der Waals surface area contributed by atoms with Crippen molar-refractivity contribution < 1.29 is 9.59 Å². The van der Waals surface area contributed by atoms with Crippen LogP contribution in [-0.4, -0.2) is 29.6 Å². The minimum atomic E-state index is -0.485. The van der Waals surface area contributed by atoms with E-state index in [1.807, 2.05) is 54.6 Å². The summed E-state index contributed by atoms with van der Waals surface area (Å²) in [5.41, 5.74) is 3.69. The third-order valence-electron chi connectivity index (χ3n) is 4.25. The Balaban J connectivity index is 1.36. The van der Waals surface area contributed by atoms with E-state index in [0.29, 0.717) is 15.5 Å². The molecule has 0 aliphatic rings. The Hall–Kier alpha value is -3.00. The number of nitrogens with zero attached hydrogens (tertiary/aromatic N) is 2. The molecule has 30 heavy (non-hydrogen) atoms. The van der Waals surface area contributed by atoms with Gasteiger partial charge in [-0.1, -0.05) is 59.6 Å². The van der Waals surface area contributed by atoms with Crippen molar-refractivity contribution in [3.8, 4) is 0 Å². The molecule has 2 aromatic heterocycles. The van der Waals surface area contributed by atoms with Crippen molar-refractivity contribution in [1.29, 1.82) is 0 Å². The maximum atomic E-state index is 12.4. The van der Waals surface area contributed by atoms with Gasteiger partial charge in [0, 0.05) is 21.0 Å². The number of fused-ring (bicyclic) bond motifs is 2. The Morgan fingerprint density at radius 1 is 1.10 bits per heavy atom. The first kappa shape index (κ1) is 20.3. The summed E-state index contributed by atoms with van der Waals surface area (Å²) < 4.78 is 0.905. The van der Waals surface area contributed by atoms with Crippen LogP contribution < -0.4 is 10.7 Å². The lowest BCUT2D eigenvalue weighted by Crippen LogP contribution is -2.34. The molecule has 0 fully saturated rings. The Morgan fingerprint density at radius 3 is 2.70 bits per heavy atom. The number of hydrazone groups is 1. The van der Waals surface area contributed by atoms with Crippen molar-refractivity contribution >= 4 is 73.6 Å². The highest BCUT2D eigenvalue weighted by molar-refractivity contribution is 7.21. The number of rotatable bonds is 5. The molecule has 0 aliphatic carbocycles. The number of carbonyl (C=O) groups excluding carboxylic acids is 2. The van der Waals surface area contributed by atoms with E-state index in [4.69, 9.17) is 23.2 Å². The molecule has 9 heteroatoms. The summed E-state index contributed by atoms with van der Waals surface area (Å²) in [5.74, 6) is -0.899. The molecule has 150 valence electrons. The highest BCUT2D eigenvalue weighted by Crippen LogP contribution is 2.34. The number of amides is 2. The highest BCUT2D eigenvalue weighted by Gasteiger charge is 2.17. The SMILES string of the molecule is O=C(CNC(=O)c1sc2ccccc2c1Cl)N/N=C\c1cc2ccccc2nc1Cl. The molecule has 0 radical (unpaired) electrons. The van der Waals surface area contributed by atoms with Crippen molar-refractivity contribution in [1.82, 2.24) is 15.7 Å². The van der Waals surface area contributed by atoms with Gasteiger partial charge in [0.1, 0.15) is 10.0 Å². The number of pyridine rings is 1. The fourth-order valence-electron chi connectivity index (χ4n) is 2.81. The summed E-state index contributed by atoms with van der Waals surface area (Å²) in [6, 6.07) is 16.8. The smallest absolute Gasteiger partial charge is 0.263 e. The van der Waals surface area contributed by atoms with Crippen LogP contribution in [0.25, 0.3) is 21.0 Å². The highest BCUT2D eigenvalue weighted by atomic mass is 35.5. The number of benzene rings is 2. The van der Waals surface area contributed by atoms with Crippen LogP contribution in [0, 0.1) is 0 Å². The average molecular weight is 457 g/mol. The van der Waals surface area contributed by atoms with Crippen LogP contribution in [-0.2, 0) is 4.79 Å². The maximum Gasteiger partial charge on any atom is 0.263 e. The van der Waals surface area contributed by atoms with Gasteiger partial charge in [0.15, 0.2) is 0 Å². The van der Waals surface area contributed by atoms with Crippen LogP contribution >= 0.6 is 34.5 Å². The number of hydrogen-bond acceptors (Lipinski definition) is 5. The molecule has 0 unspecified atom stereocenters. The van der Waals surface area contributed by atoms with Gasteiger partial charge in [0.2, 0.25) is 0 Å². The zero-order chi connectivity index (χ0) is 21.1. The fraction of sp³-hybridized carbons (Fsp3) is 0.0476. The standard InChI is InChI=1S/C21H14Cl2N4O2S/c22-18-14-6-2-4-8-16(14)30-19(18)21(29)24-11-17(28)27-25-10-13-9-12-5-1-3-7-15(12)26-20(13)23/h1-10H,11H2,(H,24,29)(H,27,28)/b25-10-. The average Bonchev–Trinajstić information content (AvgIpc) is 3.09. The Bertz CT molecular complexity index is 1300. The third-order valence-corrected chi connectivity index (χ3v) is 6.23. The molecule has 4 rings (SSSR count). The molecule has 2 aromatic carbocycles. The second-order valence-electron chi connectivity index (χ2n) is 6.28. The topological polar surface area (TPSA) is 83.5 Å². The molecule has 4 aromatic rings. The summed E-state index contributed by atoms with van der Waals surface area (Å²) in [7, 11) is 0. The molecule has 2 heterocycles. The molecule has 2 N–H and O–H groups in total. The molecule has 0 saturated heterocycles. The molecule has 2 amide bonds. The molecule has 0 aliphatic heterocycles. The number of aromatic nitrogens is 1. The zero-order valence-electron chi connectivity index (χ0n) is 15.4. The minimum Gasteiger partial charge on any atom is -0.342 e. The zero-order valence-corrected chi connectivity index (χ0v) is 17.7. The first-order chi connectivity index (χ1) is 14.5. The van der Waals surface area contributed by atoms with E-state index in [2.05, 4.69) is 20.8 Å². The van der Waals surface area contributed by atoms with Crippen LogP contribution in [0.4, 0.5) is 0 Å². The fourth-order valence-corrected chi connectivity index (χ4v) is 4.44. The van der Waals surface area contributed by atoms with E-state index in [-0.39, 0.29) is 11.7 Å². The van der Waals surface area contributed by atoms with Gasteiger partial charge in [-0.25, -0.2) is 10.4 Å². The number of nitrogens with one attached hydrogen (secondary N) is 2. The summed E-state index contributed by atoms with van der Waals surface area (Å²) in [5, 5.41) is 8.81. The molecule has 0 atom stereocenters. The van der Waals surface area contributed by atoms with Crippen LogP contribution in [0.2, 0.25) is 10.2 Å². The lowest BCUT2D eigenvalue weighted by atomic mass is 10.2. The summed E-state index contributed by atoms with van der Waals surface area (Å²) in [6.07, 6.45) is 1.41. The van der Waals surface area contributed by atoms with Gasteiger partial charge in [0.05, 0.1) is 23.3 Å². The van der Waals surface area contributed by atoms with Gasteiger partial charge in [-0.15, -0.1) is 11.3 Å². The van der Waals surface area contributed by atoms with E-state index in [1.165, 1.54) is 17.6 Å². The molecular weight excluding hydrogens is 443 g/mol. The lowest BCUT2D eigenvalue weighted by molar-refractivity contribution is -0.120. The third kappa shape index (κ3) is 4.28. The van der Waals surface area contributed by atoms with Gasteiger partial charge in [0.25, 0.3) is 11.8 Å². The number of para-hydroxylation sites is 1. The number of thiophene rings is 1. The van der Waals surface area contributed by atoms with E-state index in [1.54, 1.807) is 0 Å². The Morgan fingerprint density at radius 2 is 1.87 bits per heavy atom. The monoisotopic (exact) mass is 456 g/mol. The van der Waals surface area contributed by atoms with Crippen LogP contribution in [0.3, 0.4) is 0 Å². The first-order valence-corrected chi connectivity index (χ1v) is 10.4. The summed E-state index contributed by atoms with van der Waals surface area (Å²) in [4.78, 5) is 29.0. The van der Waals surface area contributed by atoms with E-state index in [0.717, 1.165) is 21.0 Å². The van der Waals surface area contributed by atoms with Gasteiger partial charge in [-0.2, -0.15) is 5.10 Å². The lowest BCUT2D eigenvalue weighted by Gasteiger charge is -2.04. The molecule has 0 saturated carbocycles. The van der Waals surface area contributed by atoms with Crippen molar-refractivity contribution in [2.45, 2.75) is 0 Å². The van der Waals surface area contributed by atoms with E-state index < -0.39 is 11.8 Å². The second-order valence-corrected chi connectivity index (χ2v) is 8.07. The van der Waals surface area contributed by atoms with Crippen molar-refractivity contribution in [2.24, 2.45) is 5.10 Å². The first-order valence-electron chi connectivity index (χ1n) is 8.85. The number of carbonyl (C=O) groups is 2. The summed E-state index contributed by atoms with van der Waals surface area (Å²) >= 11 is 13.7. The van der Waals surface area contributed by atoms with E-state index in [9.17, 15) is 9.59 Å². The maximum absolute atomic E-state index is 12.4. The second kappa shape index (κ2) is 8.79. The normalized spacial score (nSPS) is 11.3. The van der Waals surface area contributed by atoms with Gasteiger partial charge < -0.3 is 5.32 Å². The Labute approximate surface area is 185 Å². The molecule has 0 bridgehead atoms. The van der Waals surface area contributed by atoms with Crippen molar-refractivity contribution in [2.75, 3.05) is 6.54 Å². The summed E-state index contributed by atoms with van der Waals surface area (Å²) in [6.45, 7) is -0.246. The number of hydrogen-bond donors (Lipinski definition) is 2. The Kier molecular flexibility index (Phi) is 5.94. The molecule has 0 spiro atoms. The van der Waals surface area contributed by atoms with Crippen LogP contribution in [0.5, 0.6) is 0 Å². The largest absolute Gasteiger partial charge is 0.342 e. The number of halogens is 2. The molecular formula is C21H14Cl2N4O2S. The van der Waals surface area contributed by atoms with Gasteiger partial charge in [-0.05, 0) is 18.2 Å². The quantitative estimate of drug-likeness (QED) is 0.260. The van der Waals surface area contributed by atoms with Crippen LogP contribution in [0.1, 0.15) is 15.2 Å². The molecule has 6 nitrogen and oxygen atoms in total. The minimum absolute atomic E-state index is 0.246. The van der Waals surface area contributed by atoms with E-state index >= 15 is 0 Å². The van der Waals surface area contributed by atoms with Gasteiger partial charge in [-0.3, -0.25) is 9.59 Å².